The van der Waals surface area contributed by atoms with E-state index in [-0.39, 0.29) is 11.8 Å². The Morgan fingerprint density at radius 2 is 1.90 bits per heavy atom. The summed E-state index contributed by atoms with van der Waals surface area (Å²) < 4.78 is 10.2. The molecular weight excluding hydrogens is 402 g/mol. The first-order valence-electron chi connectivity index (χ1n) is 10.6. The number of piperidine rings is 1. The van der Waals surface area contributed by atoms with Crippen LogP contribution in [0.4, 0.5) is 0 Å². The summed E-state index contributed by atoms with van der Waals surface area (Å²) in [5.41, 5.74) is 2.32. The Kier molecular flexibility index (Phi) is 9.74. The van der Waals surface area contributed by atoms with Crippen molar-refractivity contribution in [1.82, 2.24) is 15.7 Å². The average Bonchev–Trinajstić information content (AvgIpc) is 2.81. The molecular formula is C22H33N3O6. The smallest absolute Gasteiger partial charge is 0.247 e. The lowest BCUT2D eigenvalue weighted by Crippen LogP contribution is -2.54. The van der Waals surface area contributed by atoms with Crippen LogP contribution in [0.1, 0.15) is 44.1 Å². The van der Waals surface area contributed by atoms with Crippen LogP contribution in [-0.2, 0) is 19.1 Å². The Hall–Kier alpha value is -2.65. The van der Waals surface area contributed by atoms with Gasteiger partial charge in [-0.25, -0.2) is 5.48 Å². The van der Waals surface area contributed by atoms with E-state index in [0.29, 0.717) is 43.9 Å². The number of amides is 3. The van der Waals surface area contributed by atoms with Crippen LogP contribution < -0.4 is 15.5 Å². The molecule has 1 fully saturated rings. The number of ether oxygens (including phenoxy) is 2. The van der Waals surface area contributed by atoms with Crippen LogP contribution in [0.2, 0.25) is 0 Å². The van der Waals surface area contributed by atoms with Crippen molar-refractivity contribution in [3.63, 3.8) is 0 Å². The maximum absolute atomic E-state index is 13.7. The number of carbonyl (C=O) groups is 3. The van der Waals surface area contributed by atoms with E-state index in [4.69, 9.17) is 9.47 Å². The molecule has 1 aromatic carbocycles. The van der Waals surface area contributed by atoms with Crippen LogP contribution in [0.25, 0.3) is 0 Å². The number of hydrogen-bond donors (Lipinski definition) is 3. The summed E-state index contributed by atoms with van der Waals surface area (Å²) in [6.07, 6.45) is 2.52. The molecule has 3 atom stereocenters. The quantitative estimate of drug-likeness (QED) is 0.291. The fourth-order valence-electron chi connectivity index (χ4n) is 4.05. The predicted molar refractivity (Wildman–Crippen MR) is 114 cm³/mol. The molecule has 1 aliphatic heterocycles. The van der Waals surface area contributed by atoms with Gasteiger partial charge in [0.25, 0.3) is 0 Å². The molecule has 1 aromatic rings. The van der Waals surface area contributed by atoms with Crippen LogP contribution >= 0.6 is 0 Å². The number of nitrogens with one attached hydrogen (secondary N) is 2. The molecule has 0 saturated carbocycles. The summed E-state index contributed by atoms with van der Waals surface area (Å²) in [5, 5.41) is 12.1. The van der Waals surface area contributed by atoms with Crippen molar-refractivity contribution in [3.05, 3.63) is 29.8 Å². The molecule has 9 nitrogen and oxygen atoms in total. The molecule has 0 radical (unpaired) electrons. The van der Waals surface area contributed by atoms with Gasteiger partial charge in [-0.1, -0.05) is 19.1 Å². The highest BCUT2D eigenvalue weighted by atomic mass is 16.5. The third kappa shape index (κ3) is 6.18. The zero-order valence-electron chi connectivity index (χ0n) is 18.4. The minimum absolute atomic E-state index is 0.224. The van der Waals surface area contributed by atoms with Crippen LogP contribution in [0.5, 0.6) is 5.75 Å². The minimum atomic E-state index is -0.838. The first kappa shape index (κ1) is 24.6. The van der Waals surface area contributed by atoms with Gasteiger partial charge in [-0.3, -0.25) is 19.6 Å². The second-order valence-corrected chi connectivity index (χ2v) is 7.57. The Morgan fingerprint density at radius 3 is 2.48 bits per heavy atom. The molecule has 0 aliphatic carbocycles. The van der Waals surface area contributed by atoms with Crippen LogP contribution in [0, 0.1) is 5.92 Å². The molecule has 31 heavy (non-hydrogen) atoms. The molecule has 0 unspecified atom stereocenters. The lowest BCUT2D eigenvalue weighted by molar-refractivity contribution is -0.147. The zero-order valence-corrected chi connectivity index (χ0v) is 18.4. The molecule has 9 heteroatoms. The van der Waals surface area contributed by atoms with Crippen LogP contribution in [0.3, 0.4) is 0 Å². The fraction of sp³-hybridized carbons (Fsp3) is 0.591. The molecule has 1 saturated heterocycles. The van der Waals surface area contributed by atoms with Crippen LogP contribution in [0.15, 0.2) is 24.3 Å². The van der Waals surface area contributed by atoms with Crippen molar-refractivity contribution >= 4 is 17.7 Å². The Bertz CT molecular complexity index is 739. The number of benzene rings is 1. The summed E-state index contributed by atoms with van der Waals surface area (Å²) in [4.78, 5) is 40.5. The summed E-state index contributed by atoms with van der Waals surface area (Å²) in [5.74, 6) is -2.15. The first-order chi connectivity index (χ1) is 15.0. The normalized spacial score (nSPS) is 18.1. The summed E-state index contributed by atoms with van der Waals surface area (Å²) >= 11 is 0. The van der Waals surface area contributed by atoms with Gasteiger partial charge < -0.3 is 19.7 Å². The van der Waals surface area contributed by atoms with Gasteiger partial charge in [0.15, 0.2) is 0 Å². The van der Waals surface area contributed by atoms with Gasteiger partial charge in [-0.05, 0) is 43.4 Å². The molecule has 3 N–H and O–H groups in total. The van der Waals surface area contributed by atoms with E-state index in [1.54, 1.807) is 55.8 Å². The maximum Gasteiger partial charge on any atom is 0.247 e. The van der Waals surface area contributed by atoms with Gasteiger partial charge in [-0.2, -0.15) is 0 Å². The lowest BCUT2D eigenvalue weighted by Gasteiger charge is -2.38. The van der Waals surface area contributed by atoms with Crippen molar-refractivity contribution in [2.75, 3.05) is 33.9 Å². The van der Waals surface area contributed by atoms with Crippen molar-refractivity contribution in [3.8, 4) is 5.75 Å². The first-order valence-corrected chi connectivity index (χ1v) is 10.6. The molecule has 172 valence electrons. The van der Waals surface area contributed by atoms with Gasteiger partial charge in [0.2, 0.25) is 17.7 Å². The molecule has 0 spiro atoms. The average molecular weight is 436 g/mol. The van der Waals surface area contributed by atoms with E-state index in [0.717, 1.165) is 12.8 Å². The monoisotopic (exact) mass is 435 g/mol. The highest BCUT2D eigenvalue weighted by Crippen LogP contribution is 2.33. The lowest BCUT2D eigenvalue weighted by atomic mass is 9.81. The predicted octanol–water partition coefficient (Wildman–Crippen LogP) is 1.45. The van der Waals surface area contributed by atoms with Gasteiger partial charge >= 0.3 is 0 Å². The summed E-state index contributed by atoms with van der Waals surface area (Å²) in [7, 11) is 3.10. The number of hydroxylamine groups is 1. The van der Waals surface area contributed by atoms with Gasteiger partial charge in [-0.15, -0.1) is 0 Å². The maximum atomic E-state index is 13.7. The summed E-state index contributed by atoms with van der Waals surface area (Å²) in [6, 6.07) is 6.33. The Morgan fingerprint density at radius 1 is 1.19 bits per heavy atom. The fourth-order valence-corrected chi connectivity index (χ4v) is 4.05. The van der Waals surface area contributed by atoms with E-state index in [1.165, 1.54) is 0 Å². The van der Waals surface area contributed by atoms with E-state index in [1.807, 2.05) is 0 Å². The molecule has 1 aliphatic rings. The number of nitrogens with zero attached hydrogens (tertiary/aromatic N) is 1. The Labute approximate surface area is 183 Å². The van der Waals surface area contributed by atoms with Crippen molar-refractivity contribution in [2.45, 2.75) is 44.6 Å². The van der Waals surface area contributed by atoms with Gasteiger partial charge in [0.1, 0.15) is 11.8 Å². The molecule has 0 aromatic heterocycles. The van der Waals surface area contributed by atoms with Crippen LogP contribution in [-0.4, -0.2) is 67.8 Å². The van der Waals surface area contributed by atoms with Crippen molar-refractivity contribution in [1.29, 1.82) is 0 Å². The standard InChI is InChI=1S/C22H33N3O6/c1-4-17(20(26)24-29)19(15-8-10-16(31-3)11-9-15)22(28)25-13-6-5-7-18(25)21(27)23-12-14-30-2/h8-11,17-19,29H,4-7,12-14H2,1-3H3,(H,23,27)(H,24,26)/t17-,18-,19+/m0/s1. The second kappa shape index (κ2) is 12.3. The third-order valence-corrected chi connectivity index (χ3v) is 5.72. The van der Waals surface area contributed by atoms with E-state index in [2.05, 4.69) is 5.32 Å². The van der Waals surface area contributed by atoms with E-state index in [9.17, 15) is 19.6 Å². The third-order valence-electron chi connectivity index (χ3n) is 5.72. The molecule has 0 bridgehead atoms. The number of methoxy groups -OCH3 is 2. The number of rotatable bonds is 10. The zero-order chi connectivity index (χ0) is 22.8. The van der Waals surface area contributed by atoms with Crippen molar-refractivity contribution < 1.29 is 29.1 Å². The van der Waals surface area contributed by atoms with E-state index >= 15 is 0 Å². The molecule has 2 rings (SSSR count). The largest absolute Gasteiger partial charge is 0.497 e. The number of carbonyl (C=O) groups excluding carboxylic acids is 3. The highest BCUT2D eigenvalue weighted by Gasteiger charge is 2.41. The number of hydrogen-bond acceptors (Lipinski definition) is 6. The molecule has 3 amide bonds. The topological polar surface area (TPSA) is 117 Å². The minimum Gasteiger partial charge on any atom is -0.497 e. The Balaban J connectivity index is 2.36. The second-order valence-electron chi connectivity index (χ2n) is 7.57. The van der Waals surface area contributed by atoms with Gasteiger partial charge in [0.05, 0.1) is 25.6 Å². The SMILES string of the molecule is CC[C@H](C(=O)NO)[C@H](C(=O)N1CCCC[C@H]1C(=O)NCCOC)c1ccc(OC)cc1. The summed E-state index contributed by atoms with van der Waals surface area (Å²) in [6.45, 7) is 2.97. The molecule has 1 heterocycles. The van der Waals surface area contributed by atoms with E-state index < -0.39 is 23.8 Å². The highest BCUT2D eigenvalue weighted by molar-refractivity contribution is 5.94. The van der Waals surface area contributed by atoms with Gasteiger partial charge in [0, 0.05) is 20.2 Å². The number of likely N-dealkylation sites (tertiary alicyclic amines) is 1. The van der Waals surface area contributed by atoms with Crippen molar-refractivity contribution in [2.24, 2.45) is 5.92 Å².